The highest BCUT2D eigenvalue weighted by Crippen LogP contribution is 2.32. The van der Waals surface area contributed by atoms with Crippen LogP contribution in [-0.2, 0) is 16.1 Å². The molecule has 1 fully saturated rings. The van der Waals surface area contributed by atoms with Crippen LogP contribution in [0.15, 0.2) is 48.5 Å². The van der Waals surface area contributed by atoms with Crippen molar-refractivity contribution in [3.63, 3.8) is 0 Å². The summed E-state index contributed by atoms with van der Waals surface area (Å²) in [7, 11) is 0. The van der Waals surface area contributed by atoms with Crippen molar-refractivity contribution in [3.05, 3.63) is 59.9 Å². The Bertz CT molecular complexity index is 852. The monoisotopic (exact) mass is 342 g/mol. The smallest absolute Gasteiger partial charge is 0.339 e. The molecule has 4 amide bonds. The van der Waals surface area contributed by atoms with Crippen molar-refractivity contribution in [2.75, 3.05) is 11.5 Å². The predicted molar refractivity (Wildman–Crippen MR) is 87.4 cm³/mol. The number of benzene rings is 2. The number of anilines is 1. The maximum Gasteiger partial charge on any atom is 0.339 e. The maximum atomic E-state index is 13.8. The standard InChI is InChI=1S/C18H15FN2O4/c1-2-25-15-10-6-5-9-14(15)21-17(23)16(22)20(18(21)24)11-12-7-3-4-8-13(12)19/h3-10H,2,11H2,1H3. The maximum absolute atomic E-state index is 13.8. The molecule has 6 nitrogen and oxygen atoms in total. The largest absolute Gasteiger partial charge is 0.492 e. The number of imide groups is 2. The zero-order valence-electron chi connectivity index (χ0n) is 13.4. The van der Waals surface area contributed by atoms with Crippen molar-refractivity contribution in [1.29, 1.82) is 0 Å². The molecule has 0 bridgehead atoms. The topological polar surface area (TPSA) is 66.9 Å². The Kier molecular flexibility index (Phi) is 4.47. The van der Waals surface area contributed by atoms with Crippen LogP contribution < -0.4 is 9.64 Å². The minimum Gasteiger partial charge on any atom is -0.492 e. The van der Waals surface area contributed by atoms with Gasteiger partial charge in [0.2, 0.25) is 0 Å². The summed E-state index contributed by atoms with van der Waals surface area (Å²) in [5.74, 6) is -2.23. The first-order valence-corrected chi connectivity index (χ1v) is 7.69. The van der Waals surface area contributed by atoms with Crippen LogP contribution in [0.5, 0.6) is 5.75 Å². The van der Waals surface area contributed by atoms with E-state index in [1.54, 1.807) is 31.2 Å². The fraction of sp³-hybridized carbons (Fsp3) is 0.167. The normalized spacial score (nSPS) is 14.4. The Morgan fingerprint density at radius 2 is 1.64 bits per heavy atom. The van der Waals surface area contributed by atoms with Gasteiger partial charge in [-0.1, -0.05) is 30.3 Å². The molecule has 25 heavy (non-hydrogen) atoms. The van der Waals surface area contributed by atoms with E-state index in [0.717, 1.165) is 9.80 Å². The molecule has 0 unspecified atom stereocenters. The van der Waals surface area contributed by atoms with Crippen molar-refractivity contribution < 1.29 is 23.5 Å². The Labute approximate surface area is 143 Å². The number of carbonyl (C=O) groups is 3. The summed E-state index contributed by atoms with van der Waals surface area (Å²) in [6.07, 6.45) is 0. The zero-order valence-corrected chi connectivity index (χ0v) is 13.4. The van der Waals surface area contributed by atoms with Gasteiger partial charge in [-0.25, -0.2) is 14.1 Å². The van der Waals surface area contributed by atoms with Gasteiger partial charge in [-0.2, -0.15) is 0 Å². The summed E-state index contributed by atoms with van der Waals surface area (Å²) in [5, 5.41) is 0. The molecule has 0 aliphatic carbocycles. The average molecular weight is 342 g/mol. The SMILES string of the molecule is CCOc1ccccc1N1C(=O)C(=O)N(Cc2ccccc2F)C1=O. The van der Waals surface area contributed by atoms with Crippen LogP contribution in [0.25, 0.3) is 0 Å². The van der Waals surface area contributed by atoms with E-state index in [-0.39, 0.29) is 17.8 Å². The fourth-order valence-corrected chi connectivity index (χ4v) is 2.57. The molecule has 1 aliphatic rings. The molecule has 1 heterocycles. The van der Waals surface area contributed by atoms with Gasteiger partial charge in [-0.3, -0.25) is 14.5 Å². The first-order chi connectivity index (χ1) is 12.0. The molecule has 3 rings (SSSR count). The zero-order chi connectivity index (χ0) is 18.0. The average Bonchev–Trinajstić information content (AvgIpc) is 2.81. The minimum atomic E-state index is -1.00. The van der Waals surface area contributed by atoms with E-state index in [2.05, 4.69) is 0 Å². The molecule has 0 N–H and O–H groups in total. The number of rotatable bonds is 5. The lowest BCUT2D eigenvalue weighted by molar-refractivity contribution is -0.139. The van der Waals surface area contributed by atoms with Crippen molar-refractivity contribution in [3.8, 4) is 5.75 Å². The highest BCUT2D eigenvalue weighted by Gasteiger charge is 2.46. The van der Waals surface area contributed by atoms with E-state index in [0.29, 0.717) is 12.4 Å². The molecule has 2 aromatic carbocycles. The summed E-state index contributed by atoms with van der Waals surface area (Å²) >= 11 is 0. The van der Waals surface area contributed by atoms with Crippen molar-refractivity contribution in [2.24, 2.45) is 0 Å². The van der Waals surface area contributed by atoms with Crippen LogP contribution in [0.4, 0.5) is 14.9 Å². The van der Waals surface area contributed by atoms with Crippen LogP contribution in [0.3, 0.4) is 0 Å². The summed E-state index contributed by atoms with van der Waals surface area (Å²) < 4.78 is 19.2. The number of hydrogen-bond donors (Lipinski definition) is 0. The molecule has 0 saturated carbocycles. The lowest BCUT2D eigenvalue weighted by Gasteiger charge is -2.18. The number of halogens is 1. The van der Waals surface area contributed by atoms with E-state index in [1.165, 1.54) is 24.3 Å². The summed E-state index contributed by atoms with van der Waals surface area (Å²) in [5.41, 5.74) is 0.334. The van der Waals surface area contributed by atoms with Gasteiger partial charge in [0.05, 0.1) is 18.8 Å². The molecule has 0 radical (unpaired) electrons. The summed E-state index contributed by atoms with van der Waals surface area (Å²) in [6, 6.07) is 11.4. The Morgan fingerprint density at radius 3 is 2.36 bits per heavy atom. The van der Waals surface area contributed by atoms with Gasteiger partial charge in [0.1, 0.15) is 11.6 Å². The number of carbonyl (C=O) groups excluding carboxylic acids is 3. The molecule has 7 heteroatoms. The molecular weight excluding hydrogens is 327 g/mol. The van der Waals surface area contributed by atoms with Crippen molar-refractivity contribution >= 4 is 23.5 Å². The lowest BCUT2D eigenvalue weighted by atomic mass is 10.2. The molecular formula is C18H15FN2O4. The Morgan fingerprint density at radius 1 is 0.960 bits per heavy atom. The molecule has 0 spiro atoms. The minimum absolute atomic E-state index is 0.150. The number of urea groups is 1. The van der Waals surface area contributed by atoms with E-state index in [1.807, 2.05) is 0 Å². The number of amides is 4. The molecule has 1 saturated heterocycles. The van der Waals surface area contributed by atoms with E-state index >= 15 is 0 Å². The van der Waals surface area contributed by atoms with Crippen LogP contribution >= 0.6 is 0 Å². The van der Waals surface area contributed by atoms with Crippen LogP contribution in [0.2, 0.25) is 0 Å². The van der Waals surface area contributed by atoms with Gasteiger partial charge >= 0.3 is 17.8 Å². The van der Waals surface area contributed by atoms with Crippen molar-refractivity contribution in [1.82, 2.24) is 4.90 Å². The second-order valence-corrected chi connectivity index (χ2v) is 5.31. The van der Waals surface area contributed by atoms with Gasteiger partial charge in [0, 0.05) is 5.56 Å². The number of hydrogen-bond acceptors (Lipinski definition) is 4. The van der Waals surface area contributed by atoms with Crippen LogP contribution in [0.1, 0.15) is 12.5 Å². The van der Waals surface area contributed by atoms with E-state index in [9.17, 15) is 18.8 Å². The number of ether oxygens (including phenoxy) is 1. The predicted octanol–water partition coefficient (Wildman–Crippen LogP) is 2.72. The summed E-state index contributed by atoms with van der Waals surface area (Å²) in [4.78, 5) is 38.7. The van der Waals surface area contributed by atoms with E-state index < -0.39 is 23.7 Å². The summed E-state index contributed by atoms with van der Waals surface area (Å²) in [6.45, 7) is 1.78. The first kappa shape index (κ1) is 16.6. The molecule has 0 aromatic heterocycles. The van der Waals surface area contributed by atoms with Crippen molar-refractivity contribution in [2.45, 2.75) is 13.5 Å². The van der Waals surface area contributed by atoms with Crippen LogP contribution in [-0.4, -0.2) is 29.4 Å². The first-order valence-electron chi connectivity index (χ1n) is 7.69. The van der Waals surface area contributed by atoms with Gasteiger partial charge < -0.3 is 4.74 Å². The molecule has 1 aliphatic heterocycles. The second kappa shape index (κ2) is 6.72. The second-order valence-electron chi connectivity index (χ2n) is 5.31. The molecule has 128 valence electrons. The third-order valence-corrected chi connectivity index (χ3v) is 3.75. The number of para-hydroxylation sites is 2. The van der Waals surface area contributed by atoms with Gasteiger partial charge in [-0.05, 0) is 25.1 Å². The van der Waals surface area contributed by atoms with Gasteiger partial charge in [0.25, 0.3) is 0 Å². The molecule has 0 atom stereocenters. The van der Waals surface area contributed by atoms with E-state index in [4.69, 9.17) is 4.74 Å². The fourth-order valence-electron chi connectivity index (χ4n) is 2.57. The van der Waals surface area contributed by atoms with Gasteiger partial charge in [0.15, 0.2) is 0 Å². The third kappa shape index (κ3) is 2.96. The lowest BCUT2D eigenvalue weighted by Crippen LogP contribution is -2.33. The van der Waals surface area contributed by atoms with Gasteiger partial charge in [-0.15, -0.1) is 0 Å². The highest BCUT2D eigenvalue weighted by atomic mass is 19.1. The highest BCUT2D eigenvalue weighted by molar-refractivity contribution is 6.52. The number of nitrogens with zero attached hydrogens (tertiary/aromatic N) is 2. The quantitative estimate of drug-likeness (QED) is 0.619. The molecule has 2 aromatic rings. The van der Waals surface area contributed by atoms with Crippen LogP contribution in [0, 0.1) is 5.82 Å². The third-order valence-electron chi connectivity index (χ3n) is 3.75. The Balaban J connectivity index is 1.94. The Hall–Kier alpha value is -3.22.